The van der Waals surface area contributed by atoms with Crippen molar-refractivity contribution >= 4 is 17.8 Å². The molecule has 0 aliphatic carbocycles. The molecule has 0 bridgehead atoms. The van der Waals surface area contributed by atoms with Gasteiger partial charge in [-0.3, -0.25) is 19.8 Å². The average molecular weight is 299 g/mol. The number of hydrogen-bond donors (Lipinski definition) is 1. The number of esters is 1. The fourth-order valence-electron chi connectivity index (χ4n) is 1.64. The van der Waals surface area contributed by atoms with Crippen molar-refractivity contribution in [2.24, 2.45) is 0 Å². The number of nitrogens with one attached hydrogen (secondary N) is 1. The van der Waals surface area contributed by atoms with Crippen LogP contribution in [0.15, 0.2) is 10.6 Å². The minimum absolute atomic E-state index is 0.125. The second kappa shape index (κ2) is 9.09. The van der Waals surface area contributed by atoms with Gasteiger partial charge in [0.1, 0.15) is 0 Å². The lowest BCUT2D eigenvalue weighted by Gasteiger charge is -2.20. The van der Waals surface area contributed by atoms with E-state index in [1.807, 2.05) is 0 Å². The smallest absolute Gasteiger partial charge is 0.306 e. The van der Waals surface area contributed by atoms with Gasteiger partial charge in [-0.2, -0.15) is 0 Å². The molecule has 0 aliphatic heterocycles. The molecule has 0 radical (unpaired) electrons. The first kappa shape index (κ1) is 17.1. The third kappa shape index (κ3) is 6.87. The second-order valence-electron chi connectivity index (χ2n) is 4.48. The predicted molar refractivity (Wildman–Crippen MR) is 74.8 cm³/mol. The van der Waals surface area contributed by atoms with E-state index in [0.717, 1.165) is 0 Å². The summed E-state index contributed by atoms with van der Waals surface area (Å²) in [5.41, 5.74) is 0.687. The van der Waals surface area contributed by atoms with Gasteiger partial charge in [-0.15, -0.1) is 0 Å². The number of aryl methyl sites for hydroxylation is 1. The first-order chi connectivity index (χ1) is 10.0. The highest BCUT2D eigenvalue weighted by Crippen LogP contribution is 2.08. The standard InChI is InChI=1S/C13H21N3O5/c1-10-8-12(21-15-10)14-11(17)9-16(6-7-19-2)5-4-13(18)20-3/h8H,4-7,9H2,1-3H3,(H,14,17). The molecule has 8 heteroatoms. The van der Waals surface area contributed by atoms with Crippen LogP contribution in [-0.4, -0.2) is 62.4 Å². The van der Waals surface area contributed by atoms with E-state index < -0.39 is 0 Å². The number of carbonyl (C=O) groups excluding carboxylic acids is 2. The quantitative estimate of drug-likeness (QED) is 0.661. The van der Waals surface area contributed by atoms with Crippen molar-refractivity contribution in [2.45, 2.75) is 13.3 Å². The molecule has 1 amide bonds. The first-order valence-electron chi connectivity index (χ1n) is 6.56. The van der Waals surface area contributed by atoms with Crippen LogP contribution in [-0.2, 0) is 19.1 Å². The maximum absolute atomic E-state index is 11.9. The third-order valence-electron chi connectivity index (χ3n) is 2.73. The number of aromatic nitrogens is 1. The van der Waals surface area contributed by atoms with Crippen molar-refractivity contribution < 1.29 is 23.6 Å². The SMILES string of the molecule is COCCN(CCC(=O)OC)CC(=O)Nc1cc(C)no1. The maximum atomic E-state index is 11.9. The van der Waals surface area contributed by atoms with E-state index in [4.69, 9.17) is 9.26 Å². The highest BCUT2D eigenvalue weighted by molar-refractivity contribution is 5.91. The number of amides is 1. The Morgan fingerprint density at radius 2 is 2.14 bits per heavy atom. The van der Waals surface area contributed by atoms with Gasteiger partial charge in [0, 0.05) is 26.3 Å². The molecule has 1 aromatic heterocycles. The summed E-state index contributed by atoms with van der Waals surface area (Å²) in [6.45, 7) is 3.31. The van der Waals surface area contributed by atoms with Gasteiger partial charge in [-0.05, 0) is 6.92 Å². The van der Waals surface area contributed by atoms with Gasteiger partial charge in [-0.25, -0.2) is 0 Å². The molecule has 0 unspecified atom stereocenters. The van der Waals surface area contributed by atoms with Crippen LogP contribution in [0.1, 0.15) is 12.1 Å². The van der Waals surface area contributed by atoms with Crippen molar-refractivity contribution in [3.05, 3.63) is 11.8 Å². The Bertz CT molecular complexity index is 460. The molecule has 0 saturated carbocycles. The van der Waals surface area contributed by atoms with Crippen molar-refractivity contribution in [3.8, 4) is 0 Å². The van der Waals surface area contributed by atoms with Crippen LogP contribution in [0.3, 0.4) is 0 Å². The summed E-state index contributed by atoms with van der Waals surface area (Å²) in [4.78, 5) is 24.9. The third-order valence-corrected chi connectivity index (χ3v) is 2.73. The molecule has 0 aliphatic rings. The van der Waals surface area contributed by atoms with Gasteiger partial charge in [0.05, 0.1) is 32.4 Å². The Balaban J connectivity index is 2.45. The molecule has 21 heavy (non-hydrogen) atoms. The minimum Gasteiger partial charge on any atom is -0.469 e. The van der Waals surface area contributed by atoms with Crippen molar-refractivity contribution in [1.29, 1.82) is 0 Å². The maximum Gasteiger partial charge on any atom is 0.306 e. The second-order valence-corrected chi connectivity index (χ2v) is 4.48. The van der Waals surface area contributed by atoms with Gasteiger partial charge in [0.25, 0.3) is 0 Å². The summed E-state index contributed by atoms with van der Waals surface area (Å²) in [5, 5.41) is 6.29. The van der Waals surface area contributed by atoms with E-state index in [0.29, 0.717) is 31.3 Å². The number of nitrogens with zero attached hydrogens (tertiary/aromatic N) is 2. The number of carbonyl (C=O) groups is 2. The van der Waals surface area contributed by atoms with Crippen LogP contribution in [0.4, 0.5) is 5.88 Å². The van der Waals surface area contributed by atoms with Crippen molar-refractivity contribution in [2.75, 3.05) is 45.8 Å². The zero-order chi connectivity index (χ0) is 15.7. The molecule has 1 heterocycles. The predicted octanol–water partition coefficient (Wildman–Crippen LogP) is 0.433. The van der Waals surface area contributed by atoms with Crippen molar-refractivity contribution in [1.82, 2.24) is 10.1 Å². The van der Waals surface area contributed by atoms with E-state index in [9.17, 15) is 9.59 Å². The number of hydrogen-bond acceptors (Lipinski definition) is 7. The zero-order valence-corrected chi connectivity index (χ0v) is 12.5. The minimum atomic E-state index is -0.316. The summed E-state index contributed by atoms with van der Waals surface area (Å²) >= 11 is 0. The molecule has 0 fully saturated rings. The normalized spacial score (nSPS) is 10.7. The molecule has 1 aromatic rings. The molecular weight excluding hydrogens is 278 g/mol. The largest absolute Gasteiger partial charge is 0.469 e. The van der Waals surface area contributed by atoms with Gasteiger partial charge in [0.2, 0.25) is 11.8 Å². The van der Waals surface area contributed by atoms with Crippen LogP contribution < -0.4 is 5.32 Å². The summed E-state index contributed by atoms with van der Waals surface area (Å²) in [7, 11) is 2.91. The van der Waals surface area contributed by atoms with E-state index >= 15 is 0 Å². The number of rotatable bonds is 9. The fourth-order valence-corrected chi connectivity index (χ4v) is 1.64. The molecule has 0 aromatic carbocycles. The van der Waals surface area contributed by atoms with E-state index in [-0.39, 0.29) is 24.8 Å². The van der Waals surface area contributed by atoms with Gasteiger partial charge in [0.15, 0.2) is 0 Å². The summed E-state index contributed by atoms with van der Waals surface area (Å²) < 4.78 is 14.5. The molecule has 0 spiro atoms. The zero-order valence-electron chi connectivity index (χ0n) is 12.5. The number of ether oxygens (including phenoxy) is 2. The summed E-state index contributed by atoms with van der Waals surface area (Å²) in [6, 6.07) is 1.63. The monoisotopic (exact) mass is 299 g/mol. The van der Waals surface area contributed by atoms with Crippen molar-refractivity contribution in [3.63, 3.8) is 0 Å². The Labute approximate surface area is 123 Å². The molecule has 1 N–H and O–H groups in total. The van der Waals surface area contributed by atoms with E-state index in [2.05, 4.69) is 15.2 Å². The molecule has 1 rings (SSSR count). The van der Waals surface area contributed by atoms with E-state index in [1.165, 1.54) is 7.11 Å². The van der Waals surface area contributed by atoms with Crippen LogP contribution in [0.25, 0.3) is 0 Å². The molecule has 8 nitrogen and oxygen atoms in total. The lowest BCUT2D eigenvalue weighted by molar-refractivity contribution is -0.141. The Kier molecular flexibility index (Phi) is 7.41. The Morgan fingerprint density at radius 1 is 1.38 bits per heavy atom. The van der Waals surface area contributed by atoms with Crippen LogP contribution >= 0.6 is 0 Å². The fraction of sp³-hybridized carbons (Fsp3) is 0.615. The highest BCUT2D eigenvalue weighted by Gasteiger charge is 2.14. The Hall–Kier alpha value is -1.93. The lowest BCUT2D eigenvalue weighted by Crippen LogP contribution is -2.37. The average Bonchev–Trinajstić information content (AvgIpc) is 2.86. The van der Waals surface area contributed by atoms with Crippen LogP contribution in [0.2, 0.25) is 0 Å². The van der Waals surface area contributed by atoms with Gasteiger partial charge >= 0.3 is 5.97 Å². The first-order valence-corrected chi connectivity index (χ1v) is 6.56. The number of methoxy groups -OCH3 is 2. The van der Waals surface area contributed by atoms with Crippen LogP contribution in [0.5, 0.6) is 0 Å². The molecule has 0 atom stereocenters. The Morgan fingerprint density at radius 3 is 2.71 bits per heavy atom. The summed E-state index contributed by atoms with van der Waals surface area (Å²) in [6.07, 6.45) is 0.217. The lowest BCUT2D eigenvalue weighted by atomic mass is 10.3. The molecule has 0 saturated heterocycles. The topological polar surface area (TPSA) is 93.9 Å². The molecular formula is C13H21N3O5. The van der Waals surface area contributed by atoms with E-state index in [1.54, 1.807) is 25.0 Å². The highest BCUT2D eigenvalue weighted by atomic mass is 16.5. The number of anilines is 1. The van der Waals surface area contributed by atoms with Crippen LogP contribution in [0, 0.1) is 6.92 Å². The van der Waals surface area contributed by atoms with Gasteiger partial charge in [-0.1, -0.05) is 5.16 Å². The summed E-state index contributed by atoms with van der Waals surface area (Å²) in [5.74, 6) is -0.257. The molecule has 118 valence electrons. The van der Waals surface area contributed by atoms with Gasteiger partial charge < -0.3 is 14.0 Å².